The monoisotopic (exact) mass is 229 g/mol. The maximum atomic E-state index is 10.4. The van der Waals surface area contributed by atoms with Crippen LogP contribution < -0.4 is 21.2 Å². The zero-order valence-corrected chi connectivity index (χ0v) is 7.27. The second kappa shape index (κ2) is 5.34. The van der Waals surface area contributed by atoms with Crippen molar-refractivity contribution < 1.29 is 30.7 Å². The van der Waals surface area contributed by atoms with Crippen LogP contribution in [-0.4, -0.2) is 22.4 Å². The second-order valence-corrected chi connectivity index (χ2v) is 3.89. The van der Waals surface area contributed by atoms with E-state index in [1.807, 2.05) is 0 Å². The van der Waals surface area contributed by atoms with Crippen LogP contribution in [0.2, 0.25) is 0 Å². The Morgan fingerprint density at radius 2 is 2.38 bits per heavy atom. The molecule has 0 saturated heterocycles. The SMILES string of the molecule is COC(=O)CC[I-]C. The van der Waals surface area contributed by atoms with Gasteiger partial charge in [-0.1, -0.05) is 0 Å². The van der Waals surface area contributed by atoms with Crippen LogP contribution >= 0.6 is 0 Å². The van der Waals surface area contributed by atoms with Crippen LogP contribution in [0.1, 0.15) is 6.42 Å². The molecule has 8 heavy (non-hydrogen) atoms. The van der Waals surface area contributed by atoms with E-state index in [2.05, 4.69) is 9.67 Å². The second-order valence-electron chi connectivity index (χ2n) is 1.28. The van der Waals surface area contributed by atoms with Gasteiger partial charge in [-0.2, -0.15) is 0 Å². The van der Waals surface area contributed by atoms with E-state index < -0.39 is 0 Å². The summed E-state index contributed by atoms with van der Waals surface area (Å²) >= 11 is 0.267. The van der Waals surface area contributed by atoms with E-state index in [-0.39, 0.29) is 27.2 Å². The van der Waals surface area contributed by atoms with Crippen molar-refractivity contribution in [2.45, 2.75) is 6.42 Å². The average molecular weight is 229 g/mol. The zero-order valence-electron chi connectivity index (χ0n) is 5.11. The summed E-state index contributed by atoms with van der Waals surface area (Å²) in [6.07, 6.45) is 0.611. The first-order valence-electron chi connectivity index (χ1n) is 2.32. The molecule has 0 saturated carbocycles. The third kappa shape index (κ3) is 4.36. The van der Waals surface area contributed by atoms with Crippen LogP contribution in [0.3, 0.4) is 0 Å². The van der Waals surface area contributed by atoms with Crippen molar-refractivity contribution in [2.24, 2.45) is 0 Å². The number of ether oxygens (including phenoxy) is 1. The standard InChI is InChI=1S/C5H10IO2/c1-6-4-3-5(7)8-2/h3-4H2,1-2H3/q-1. The molecule has 0 bridgehead atoms. The third-order valence-electron chi connectivity index (χ3n) is 0.715. The minimum absolute atomic E-state index is 0.0773. The van der Waals surface area contributed by atoms with Gasteiger partial charge in [-0.05, 0) is 0 Å². The van der Waals surface area contributed by atoms with Crippen molar-refractivity contribution in [2.75, 3.05) is 16.5 Å². The Balaban J connectivity index is 2.99. The molecule has 0 radical (unpaired) electrons. The van der Waals surface area contributed by atoms with Gasteiger partial charge in [0.15, 0.2) is 0 Å². The first kappa shape index (κ1) is 8.20. The molecule has 0 aliphatic carbocycles. The molecule has 2 nitrogen and oxygen atoms in total. The van der Waals surface area contributed by atoms with Crippen molar-refractivity contribution in [3.05, 3.63) is 0 Å². The van der Waals surface area contributed by atoms with Gasteiger partial charge in [-0.3, -0.25) is 0 Å². The Hall–Kier alpha value is 0.200. The van der Waals surface area contributed by atoms with Crippen LogP contribution in [0.25, 0.3) is 0 Å². The summed E-state index contributed by atoms with van der Waals surface area (Å²) in [5, 5.41) is 0. The molecule has 0 aliphatic heterocycles. The van der Waals surface area contributed by atoms with E-state index >= 15 is 0 Å². The molecule has 0 fully saturated rings. The Morgan fingerprint density at radius 1 is 1.75 bits per heavy atom. The Morgan fingerprint density at radius 3 is 2.75 bits per heavy atom. The van der Waals surface area contributed by atoms with Gasteiger partial charge in [0.1, 0.15) is 0 Å². The number of rotatable bonds is 3. The zero-order chi connectivity index (χ0) is 6.41. The van der Waals surface area contributed by atoms with Crippen LogP contribution in [0, 0.1) is 0 Å². The van der Waals surface area contributed by atoms with Crippen molar-refractivity contribution in [3.8, 4) is 0 Å². The summed E-state index contributed by atoms with van der Waals surface area (Å²) in [6.45, 7) is 0. The summed E-state index contributed by atoms with van der Waals surface area (Å²) in [5.74, 6) is -0.0773. The number of alkyl halides is 2. The van der Waals surface area contributed by atoms with Crippen LogP contribution in [0.15, 0.2) is 0 Å². The minimum atomic E-state index is -0.0773. The average Bonchev–Trinajstić information content (AvgIpc) is 1.83. The molecule has 0 unspecified atom stereocenters. The van der Waals surface area contributed by atoms with E-state index in [9.17, 15) is 4.79 Å². The van der Waals surface area contributed by atoms with E-state index in [1.165, 1.54) is 7.11 Å². The molecular weight excluding hydrogens is 219 g/mol. The molecule has 0 aromatic rings. The molecule has 0 spiro atoms. The number of hydrogen-bond donors (Lipinski definition) is 0. The first-order valence-corrected chi connectivity index (χ1v) is 6.00. The van der Waals surface area contributed by atoms with Crippen molar-refractivity contribution >= 4 is 5.97 Å². The quantitative estimate of drug-likeness (QED) is 0.298. The number of halogens is 1. The molecule has 0 N–H and O–H groups in total. The summed E-state index contributed by atoms with van der Waals surface area (Å²) in [4.78, 5) is 12.5. The predicted octanol–water partition coefficient (Wildman–Crippen LogP) is -2.73. The summed E-state index contributed by atoms with van der Waals surface area (Å²) in [6, 6.07) is 0. The molecule has 50 valence electrons. The maximum absolute atomic E-state index is 10.4. The molecule has 0 rings (SSSR count). The number of methoxy groups -OCH3 is 1. The van der Waals surface area contributed by atoms with Gasteiger partial charge in [0, 0.05) is 0 Å². The summed E-state index contributed by atoms with van der Waals surface area (Å²) in [7, 11) is 1.43. The van der Waals surface area contributed by atoms with Gasteiger partial charge in [0.2, 0.25) is 0 Å². The molecule has 0 heterocycles. The van der Waals surface area contributed by atoms with Crippen LogP contribution in [0.4, 0.5) is 0 Å². The fourth-order valence-corrected chi connectivity index (χ4v) is 1.25. The molecule has 0 atom stereocenters. The summed E-state index contributed by atoms with van der Waals surface area (Å²) < 4.78 is 5.48. The Labute approximate surface area is 59.9 Å². The van der Waals surface area contributed by atoms with Gasteiger partial charge in [0.25, 0.3) is 0 Å². The van der Waals surface area contributed by atoms with E-state index in [4.69, 9.17) is 0 Å². The Bertz CT molecular complexity index is 72.8. The molecule has 0 aromatic carbocycles. The van der Waals surface area contributed by atoms with Crippen molar-refractivity contribution in [1.29, 1.82) is 0 Å². The summed E-state index contributed by atoms with van der Waals surface area (Å²) in [5.41, 5.74) is 0. The number of carbonyl (C=O) groups is 1. The predicted molar refractivity (Wildman–Crippen MR) is 27.4 cm³/mol. The number of esters is 1. The van der Waals surface area contributed by atoms with E-state index in [0.717, 1.165) is 4.43 Å². The van der Waals surface area contributed by atoms with Gasteiger partial charge >= 0.3 is 59.6 Å². The van der Waals surface area contributed by atoms with Crippen LogP contribution in [-0.2, 0) is 9.53 Å². The van der Waals surface area contributed by atoms with E-state index in [1.54, 1.807) is 0 Å². The normalized spacial score (nSPS) is 9.25. The fraction of sp³-hybridized carbons (Fsp3) is 0.800. The Kier molecular flexibility index (Phi) is 5.47. The van der Waals surface area contributed by atoms with E-state index in [0.29, 0.717) is 6.42 Å². The van der Waals surface area contributed by atoms with Crippen molar-refractivity contribution in [3.63, 3.8) is 0 Å². The molecule has 0 aliphatic rings. The van der Waals surface area contributed by atoms with Gasteiger partial charge in [-0.25, -0.2) is 0 Å². The third-order valence-corrected chi connectivity index (χ3v) is 2.33. The molecule has 3 heteroatoms. The number of hydrogen-bond acceptors (Lipinski definition) is 2. The fourth-order valence-electron chi connectivity index (χ4n) is 0.274. The molecular formula is C5H10IO2-. The van der Waals surface area contributed by atoms with Gasteiger partial charge in [0.05, 0.1) is 0 Å². The molecule has 0 aromatic heterocycles. The number of carbonyl (C=O) groups excluding carboxylic acids is 1. The topological polar surface area (TPSA) is 26.3 Å². The van der Waals surface area contributed by atoms with Crippen molar-refractivity contribution in [1.82, 2.24) is 0 Å². The van der Waals surface area contributed by atoms with Gasteiger partial charge < -0.3 is 0 Å². The van der Waals surface area contributed by atoms with Crippen LogP contribution in [0.5, 0.6) is 0 Å². The first-order chi connectivity index (χ1) is 3.81. The molecule has 0 amide bonds. The van der Waals surface area contributed by atoms with Gasteiger partial charge in [-0.15, -0.1) is 0 Å².